The fourth-order valence-electron chi connectivity index (χ4n) is 2.03. The summed E-state index contributed by atoms with van der Waals surface area (Å²) in [5.74, 6) is -0.306. The lowest BCUT2D eigenvalue weighted by atomic mass is 10.1. The lowest BCUT2D eigenvalue weighted by Crippen LogP contribution is -2.40. The molecule has 2 rings (SSSR count). The molecule has 0 aromatic heterocycles. The molecule has 92 valence electrons. The molecule has 0 atom stereocenters. The number of anilines is 1. The van der Waals surface area contributed by atoms with Crippen molar-refractivity contribution in [2.75, 3.05) is 18.0 Å². The maximum absolute atomic E-state index is 13.2. The van der Waals surface area contributed by atoms with E-state index in [-0.39, 0.29) is 17.1 Å². The summed E-state index contributed by atoms with van der Waals surface area (Å²) in [6, 6.07) is 6.12. The average molecular weight is 236 g/mol. The van der Waals surface area contributed by atoms with Gasteiger partial charge in [0.05, 0.1) is 5.41 Å². The average Bonchev–Trinajstić information content (AvgIpc) is 3.11. The Morgan fingerprint density at radius 1 is 1.53 bits per heavy atom. The molecule has 0 spiro atoms. The third-order valence-electron chi connectivity index (χ3n) is 3.38. The largest absolute Gasteiger partial charge is 0.329 e. The van der Waals surface area contributed by atoms with E-state index in [1.807, 2.05) is 6.92 Å². The van der Waals surface area contributed by atoms with Crippen molar-refractivity contribution in [1.29, 1.82) is 0 Å². The first kappa shape index (κ1) is 12.0. The minimum Gasteiger partial charge on any atom is -0.329 e. The molecule has 4 heteroatoms. The molecule has 1 amide bonds. The predicted molar refractivity (Wildman–Crippen MR) is 65.1 cm³/mol. The standard InChI is InChI=1S/C13H17FN2O/c1-2-16(11-5-3-4-10(14)8-11)12(17)13(9-15)6-7-13/h3-5,8H,2,6-7,9,15H2,1H3. The van der Waals surface area contributed by atoms with Crippen LogP contribution in [-0.2, 0) is 4.79 Å². The highest BCUT2D eigenvalue weighted by atomic mass is 19.1. The second-order valence-corrected chi connectivity index (χ2v) is 4.51. The zero-order valence-corrected chi connectivity index (χ0v) is 9.95. The number of hydrogen-bond donors (Lipinski definition) is 1. The molecule has 0 heterocycles. The normalized spacial score (nSPS) is 16.6. The van der Waals surface area contributed by atoms with E-state index < -0.39 is 0 Å². The van der Waals surface area contributed by atoms with Crippen LogP contribution in [0.2, 0.25) is 0 Å². The Morgan fingerprint density at radius 3 is 2.71 bits per heavy atom. The van der Waals surface area contributed by atoms with Gasteiger partial charge in [0.1, 0.15) is 5.82 Å². The predicted octanol–water partition coefficient (Wildman–Crippen LogP) is 1.92. The molecule has 2 N–H and O–H groups in total. The fourth-order valence-corrected chi connectivity index (χ4v) is 2.03. The summed E-state index contributed by atoms with van der Waals surface area (Å²) in [4.78, 5) is 13.9. The number of nitrogens with zero attached hydrogens (tertiary/aromatic N) is 1. The first-order valence-electron chi connectivity index (χ1n) is 5.90. The minimum absolute atomic E-state index is 0.0214. The van der Waals surface area contributed by atoms with E-state index in [4.69, 9.17) is 5.73 Å². The Bertz CT molecular complexity index is 429. The molecule has 1 aromatic carbocycles. The van der Waals surface area contributed by atoms with Crippen LogP contribution < -0.4 is 10.6 Å². The van der Waals surface area contributed by atoms with E-state index in [9.17, 15) is 9.18 Å². The van der Waals surface area contributed by atoms with Crippen LogP contribution in [0, 0.1) is 11.2 Å². The molecule has 0 unspecified atom stereocenters. The number of hydrogen-bond acceptors (Lipinski definition) is 2. The van der Waals surface area contributed by atoms with E-state index in [1.54, 1.807) is 17.0 Å². The molecule has 0 bridgehead atoms. The molecular formula is C13H17FN2O. The summed E-state index contributed by atoms with van der Waals surface area (Å²) in [6.45, 7) is 2.79. The van der Waals surface area contributed by atoms with Crippen LogP contribution in [0.15, 0.2) is 24.3 Å². The van der Waals surface area contributed by atoms with Gasteiger partial charge in [-0.15, -0.1) is 0 Å². The van der Waals surface area contributed by atoms with E-state index in [0.717, 1.165) is 12.8 Å². The number of carbonyl (C=O) groups excluding carboxylic acids is 1. The summed E-state index contributed by atoms with van der Waals surface area (Å²) >= 11 is 0. The maximum Gasteiger partial charge on any atom is 0.234 e. The van der Waals surface area contributed by atoms with Gasteiger partial charge in [0.2, 0.25) is 5.91 Å². The molecule has 1 aliphatic rings. The second-order valence-electron chi connectivity index (χ2n) is 4.51. The van der Waals surface area contributed by atoms with E-state index in [0.29, 0.717) is 18.8 Å². The number of carbonyl (C=O) groups is 1. The van der Waals surface area contributed by atoms with E-state index >= 15 is 0 Å². The van der Waals surface area contributed by atoms with Crippen molar-refractivity contribution in [3.8, 4) is 0 Å². The van der Waals surface area contributed by atoms with Crippen LogP contribution in [0.3, 0.4) is 0 Å². The van der Waals surface area contributed by atoms with Gasteiger partial charge < -0.3 is 10.6 Å². The third kappa shape index (κ3) is 2.17. The monoisotopic (exact) mass is 236 g/mol. The zero-order chi connectivity index (χ0) is 12.5. The van der Waals surface area contributed by atoms with Gasteiger partial charge in [-0.1, -0.05) is 6.07 Å². The molecule has 17 heavy (non-hydrogen) atoms. The molecule has 0 radical (unpaired) electrons. The number of amides is 1. The van der Waals surface area contributed by atoms with Gasteiger partial charge in [0, 0.05) is 18.8 Å². The Kier molecular flexibility index (Phi) is 3.15. The quantitative estimate of drug-likeness (QED) is 0.868. The van der Waals surface area contributed by atoms with Gasteiger partial charge in [0.15, 0.2) is 0 Å². The number of halogens is 1. The molecule has 0 aliphatic heterocycles. The van der Waals surface area contributed by atoms with Gasteiger partial charge in [0.25, 0.3) is 0 Å². The Labute approximate surface area is 100 Å². The number of benzene rings is 1. The van der Waals surface area contributed by atoms with Gasteiger partial charge >= 0.3 is 0 Å². The van der Waals surface area contributed by atoms with Crippen molar-refractivity contribution in [1.82, 2.24) is 0 Å². The molecule has 1 aliphatic carbocycles. The molecule has 1 aromatic rings. The molecule has 1 saturated carbocycles. The van der Waals surface area contributed by atoms with Gasteiger partial charge in [-0.05, 0) is 38.0 Å². The van der Waals surface area contributed by atoms with Gasteiger partial charge in [-0.25, -0.2) is 4.39 Å². The van der Waals surface area contributed by atoms with Gasteiger partial charge in [-0.3, -0.25) is 4.79 Å². The Hall–Kier alpha value is -1.42. The summed E-state index contributed by atoms with van der Waals surface area (Å²) in [6.07, 6.45) is 1.68. The van der Waals surface area contributed by atoms with E-state index in [1.165, 1.54) is 12.1 Å². The van der Waals surface area contributed by atoms with Crippen molar-refractivity contribution in [2.24, 2.45) is 11.1 Å². The zero-order valence-electron chi connectivity index (χ0n) is 9.95. The molecule has 3 nitrogen and oxygen atoms in total. The smallest absolute Gasteiger partial charge is 0.234 e. The number of nitrogens with two attached hydrogens (primary N) is 1. The Morgan fingerprint density at radius 2 is 2.24 bits per heavy atom. The highest BCUT2D eigenvalue weighted by molar-refractivity contribution is 5.99. The van der Waals surface area contributed by atoms with Crippen LogP contribution in [0.1, 0.15) is 19.8 Å². The maximum atomic E-state index is 13.2. The molecule has 1 fully saturated rings. The highest BCUT2D eigenvalue weighted by Crippen LogP contribution is 2.46. The van der Waals surface area contributed by atoms with Crippen molar-refractivity contribution < 1.29 is 9.18 Å². The Balaban J connectivity index is 2.25. The minimum atomic E-state index is -0.387. The topological polar surface area (TPSA) is 46.3 Å². The third-order valence-corrected chi connectivity index (χ3v) is 3.38. The fraction of sp³-hybridized carbons (Fsp3) is 0.462. The summed E-state index contributed by atoms with van der Waals surface area (Å²) in [5.41, 5.74) is 5.87. The number of rotatable bonds is 4. The summed E-state index contributed by atoms with van der Waals surface area (Å²) < 4.78 is 13.2. The van der Waals surface area contributed by atoms with Crippen LogP contribution >= 0.6 is 0 Å². The van der Waals surface area contributed by atoms with Crippen molar-refractivity contribution in [3.63, 3.8) is 0 Å². The van der Waals surface area contributed by atoms with Crippen LogP contribution in [0.5, 0.6) is 0 Å². The first-order chi connectivity index (χ1) is 8.13. The SMILES string of the molecule is CCN(C(=O)C1(CN)CC1)c1cccc(F)c1. The van der Waals surface area contributed by atoms with Crippen molar-refractivity contribution in [2.45, 2.75) is 19.8 Å². The first-order valence-corrected chi connectivity index (χ1v) is 5.90. The van der Waals surface area contributed by atoms with Crippen molar-refractivity contribution >= 4 is 11.6 Å². The molecular weight excluding hydrogens is 219 g/mol. The van der Waals surface area contributed by atoms with Crippen molar-refractivity contribution in [3.05, 3.63) is 30.1 Å². The van der Waals surface area contributed by atoms with Crippen LogP contribution in [-0.4, -0.2) is 19.0 Å². The molecule has 0 saturated heterocycles. The summed E-state index contributed by atoms with van der Waals surface area (Å²) in [7, 11) is 0. The lowest BCUT2D eigenvalue weighted by Gasteiger charge is -2.25. The highest BCUT2D eigenvalue weighted by Gasteiger charge is 2.50. The second kappa shape index (κ2) is 4.45. The van der Waals surface area contributed by atoms with E-state index in [2.05, 4.69) is 0 Å². The van der Waals surface area contributed by atoms with Crippen LogP contribution in [0.25, 0.3) is 0 Å². The summed E-state index contributed by atoms with van der Waals surface area (Å²) in [5, 5.41) is 0. The van der Waals surface area contributed by atoms with Crippen LogP contribution in [0.4, 0.5) is 10.1 Å². The lowest BCUT2D eigenvalue weighted by molar-refractivity contribution is -0.123. The van der Waals surface area contributed by atoms with Gasteiger partial charge in [-0.2, -0.15) is 0 Å².